The molecule has 3 nitrogen and oxygen atoms in total. The molecule has 3 rings (SSSR count). The van der Waals surface area contributed by atoms with Crippen LogP contribution in [0.4, 0.5) is 10.8 Å². The lowest BCUT2D eigenvalue weighted by Crippen LogP contribution is -1.92. The predicted molar refractivity (Wildman–Crippen MR) is 74.1 cm³/mol. The van der Waals surface area contributed by atoms with E-state index in [1.807, 2.05) is 42.5 Å². The molecule has 3 aromatic rings. The molecular formula is C14H9N3S. The smallest absolute Gasteiger partial charge is 0.188 e. The Morgan fingerprint density at radius 2 is 1.83 bits per heavy atom. The first-order valence-corrected chi connectivity index (χ1v) is 6.30. The zero-order valence-corrected chi connectivity index (χ0v) is 10.2. The molecule has 0 radical (unpaired) electrons. The molecule has 0 bridgehead atoms. The van der Waals surface area contributed by atoms with E-state index in [0.29, 0.717) is 5.56 Å². The summed E-state index contributed by atoms with van der Waals surface area (Å²) in [4.78, 5) is 4.48. The maximum atomic E-state index is 9.03. The monoisotopic (exact) mass is 251 g/mol. The molecule has 0 unspecified atom stereocenters. The van der Waals surface area contributed by atoms with Crippen LogP contribution in [-0.4, -0.2) is 4.98 Å². The van der Waals surface area contributed by atoms with Gasteiger partial charge >= 0.3 is 0 Å². The van der Waals surface area contributed by atoms with E-state index in [2.05, 4.69) is 16.4 Å². The average molecular weight is 251 g/mol. The average Bonchev–Trinajstić information content (AvgIpc) is 2.81. The molecule has 0 saturated carbocycles. The Morgan fingerprint density at radius 3 is 2.67 bits per heavy atom. The summed E-state index contributed by atoms with van der Waals surface area (Å²) in [6.07, 6.45) is 0. The van der Waals surface area contributed by atoms with Gasteiger partial charge in [0.1, 0.15) is 6.07 Å². The quantitative estimate of drug-likeness (QED) is 0.751. The summed E-state index contributed by atoms with van der Waals surface area (Å²) in [7, 11) is 0. The van der Waals surface area contributed by atoms with Gasteiger partial charge in [0.15, 0.2) is 5.13 Å². The van der Waals surface area contributed by atoms with Crippen LogP contribution in [0.1, 0.15) is 5.56 Å². The topological polar surface area (TPSA) is 48.7 Å². The summed E-state index contributed by atoms with van der Waals surface area (Å²) in [6.45, 7) is 0. The summed E-state index contributed by atoms with van der Waals surface area (Å²) in [6, 6.07) is 17.6. The molecule has 4 heteroatoms. The molecule has 0 spiro atoms. The molecule has 1 heterocycles. The number of benzene rings is 2. The fourth-order valence-electron chi connectivity index (χ4n) is 1.73. The number of nitrogens with zero attached hydrogens (tertiary/aromatic N) is 2. The maximum Gasteiger partial charge on any atom is 0.188 e. The van der Waals surface area contributed by atoms with E-state index in [9.17, 15) is 0 Å². The molecule has 1 N–H and O–H groups in total. The molecule has 2 aromatic carbocycles. The van der Waals surface area contributed by atoms with Crippen LogP contribution in [0.3, 0.4) is 0 Å². The van der Waals surface area contributed by atoms with Gasteiger partial charge in [-0.1, -0.05) is 35.6 Å². The van der Waals surface area contributed by atoms with Gasteiger partial charge in [-0.3, -0.25) is 0 Å². The van der Waals surface area contributed by atoms with Crippen molar-refractivity contribution in [2.24, 2.45) is 0 Å². The van der Waals surface area contributed by atoms with Crippen LogP contribution in [0.25, 0.3) is 10.2 Å². The van der Waals surface area contributed by atoms with Gasteiger partial charge in [0.2, 0.25) is 0 Å². The normalized spacial score (nSPS) is 10.2. The van der Waals surface area contributed by atoms with Crippen molar-refractivity contribution in [2.45, 2.75) is 0 Å². The van der Waals surface area contributed by atoms with Gasteiger partial charge in [-0.25, -0.2) is 4.98 Å². The fourth-order valence-corrected chi connectivity index (χ4v) is 2.61. The van der Waals surface area contributed by atoms with Crippen LogP contribution in [0.15, 0.2) is 48.5 Å². The summed E-state index contributed by atoms with van der Waals surface area (Å²) < 4.78 is 1.13. The number of rotatable bonds is 2. The minimum Gasteiger partial charge on any atom is -0.330 e. The molecular weight excluding hydrogens is 242 g/mol. The van der Waals surface area contributed by atoms with Crippen LogP contribution in [0.5, 0.6) is 0 Å². The van der Waals surface area contributed by atoms with E-state index >= 15 is 0 Å². The number of thiazole rings is 1. The molecule has 0 amide bonds. The second kappa shape index (κ2) is 4.47. The summed E-state index contributed by atoms with van der Waals surface area (Å²) in [5, 5.41) is 13.0. The molecule has 0 atom stereocenters. The van der Waals surface area contributed by atoms with Crippen LogP contribution in [0.2, 0.25) is 0 Å². The minimum atomic E-state index is 0.622. The lowest BCUT2D eigenvalue weighted by molar-refractivity contribution is 1.42. The number of para-hydroxylation sites is 2. The lowest BCUT2D eigenvalue weighted by Gasteiger charge is -2.03. The Balaban J connectivity index is 1.99. The number of aromatic nitrogens is 1. The molecule has 0 fully saturated rings. The molecule has 86 valence electrons. The number of nitriles is 1. The van der Waals surface area contributed by atoms with Crippen molar-refractivity contribution in [3.8, 4) is 6.07 Å². The number of fused-ring (bicyclic) bond motifs is 1. The highest BCUT2D eigenvalue weighted by Gasteiger charge is 2.05. The van der Waals surface area contributed by atoms with Crippen molar-refractivity contribution in [2.75, 3.05) is 5.32 Å². The SMILES string of the molecule is N#Cc1ccccc1Nc1nc2ccccc2s1. The number of hydrogen-bond donors (Lipinski definition) is 1. The Hall–Kier alpha value is -2.38. The predicted octanol–water partition coefficient (Wildman–Crippen LogP) is 3.91. The third-order valence-electron chi connectivity index (χ3n) is 2.58. The lowest BCUT2D eigenvalue weighted by atomic mass is 10.2. The summed E-state index contributed by atoms with van der Waals surface area (Å²) >= 11 is 1.58. The van der Waals surface area contributed by atoms with Gasteiger partial charge in [-0.2, -0.15) is 5.26 Å². The van der Waals surface area contributed by atoms with Crippen LogP contribution < -0.4 is 5.32 Å². The van der Waals surface area contributed by atoms with Gasteiger partial charge in [-0.05, 0) is 24.3 Å². The van der Waals surface area contributed by atoms with Crippen LogP contribution in [0, 0.1) is 11.3 Å². The van der Waals surface area contributed by atoms with Gasteiger partial charge in [0.05, 0.1) is 21.5 Å². The van der Waals surface area contributed by atoms with Crippen LogP contribution in [-0.2, 0) is 0 Å². The van der Waals surface area contributed by atoms with Gasteiger partial charge in [0.25, 0.3) is 0 Å². The third-order valence-corrected chi connectivity index (χ3v) is 3.53. The number of anilines is 2. The Labute approximate surface area is 108 Å². The van der Waals surface area contributed by atoms with E-state index in [1.165, 1.54) is 0 Å². The van der Waals surface area contributed by atoms with Crippen molar-refractivity contribution < 1.29 is 0 Å². The molecule has 0 aliphatic heterocycles. The third kappa shape index (κ3) is 1.92. The van der Waals surface area contributed by atoms with E-state index in [0.717, 1.165) is 21.0 Å². The van der Waals surface area contributed by atoms with Gasteiger partial charge in [-0.15, -0.1) is 0 Å². The first kappa shape index (κ1) is 10.8. The number of nitrogens with one attached hydrogen (secondary N) is 1. The van der Waals surface area contributed by atoms with Crippen molar-refractivity contribution in [1.29, 1.82) is 5.26 Å². The second-order valence-electron chi connectivity index (χ2n) is 3.77. The van der Waals surface area contributed by atoms with E-state index in [-0.39, 0.29) is 0 Å². The van der Waals surface area contributed by atoms with Crippen molar-refractivity contribution in [3.63, 3.8) is 0 Å². The summed E-state index contributed by atoms with van der Waals surface area (Å²) in [5.41, 5.74) is 2.38. The van der Waals surface area contributed by atoms with Gasteiger partial charge < -0.3 is 5.32 Å². The zero-order valence-electron chi connectivity index (χ0n) is 9.42. The Morgan fingerprint density at radius 1 is 1.06 bits per heavy atom. The van der Waals surface area contributed by atoms with Crippen LogP contribution >= 0.6 is 11.3 Å². The highest BCUT2D eigenvalue weighted by atomic mass is 32.1. The second-order valence-corrected chi connectivity index (χ2v) is 4.80. The van der Waals surface area contributed by atoms with E-state index < -0.39 is 0 Å². The standard InChI is InChI=1S/C14H9N3S/c15-9-10-5-1-2-6-11(10)16-14-17-12-7-3-4-8-13(12)18-14/h1-8H,(H,16,17). The maximum absolute atomic E-state index is 9.03. The molecule has 1 aromatic heterocycles. The first-order valence-electron chi connectivity index (χ1n) is 5.48. The van der Waals surface area contributed by atoms with Crippen molar-refractivity contribution >= 4 is 32.4 Å². The molecule has 0 saturated heterocycles. The first-order chi connectivity index (χ1) is 8.86. The molecule has 0 aliphatic rings. The Kier molecular flexibility index (Phi) is 2.67. The summed E-state index contributed by atoms with van der Waals surface area (Å²) in [5.74, 6) is 0. The fraction of sp³-hybridized carbons (Fsp3) is 0. The van der Waals surface area contributed by atoms with E-state index in [4.69, 9.17) is 5.26 Å². The molecule has 0 aliphatic carbocycles. The zero-order chi connectivity index (χ0) is 12.4. The highest BCUT2D eigenvalue weighted by Crippen LogP contribution is 2.28. The van der Waals surface area contributed by atoms with Crippen molar-refractivity contribution in [1.82, 2.24) is 4.98 Å². The van der Waals surface area contributed by atoms with Crippen molar-refractivity contribution in [3.05, 3.63) is 54.1 Å². The number of hydrogen-bond acceptors (Lipinski definition) is 4. The largest absolute Gasteiger partial charge is 0.330 e. The van der Waals surface area contributed by atoms with Gasteiger partial charge in [0, 0.05) is 0 Å². The highest BCUT2D eigenvalue weighted by molar-refractivity contribution is 7.22. The molecule has 18 heavy (non-hydrogen) atoms. The Bertz CT molecular complexity index is 707. The van der Waals surface area contributed by atoms with E-state index in [1.54, 1.807) is 17.4 Å². The minimum absolute atomic E-state index is 0.622.